The molecule has 0 aromatic heterocycles. The van der Waals surface area contributed by atoms with Crippen LogP contribution in [-0.4, -0.2) is 114 Å². The SMILES string of the molecule is CC(C)C(=O)CCOCCOCCOCCOCCC(=O)NC(C(=O)NCC(=O)Nc1ccc(COC(=O)C(C)C)c(C(=O)NCCN)c1)C(C)C. The molecule has 0 heterocycles. The van der Waals surface area contributed by atoms with Crippen molar-refractivity contribution >= 4 is 41.1 Å². The first kappa shape index (κ1) is 46.1. The van der Waals surface area contributed by atoms with E-state index >= 15 is 0 Å². The monoisotopic (exact) mass is 737 g/mol. The van der Waals surface area contributed by atoms with Gasteiger partial charge in [0.15, 0.2) is 0 Å². The fourth-order valence-corrected chi connectivity index (χ4v) is 4.24. The summed E-state index contributed by atoms with van der Waals surface area (Å²) in [6.45, 7) is 13.3. The maximum absolute atomic E-state index is 12.9. The Morgan fingerprint density at radius 3 is 1.83 bits per heavy atom. The summed E-state index contributed by atoms with van der Waals surface area (Å²) in [7, 11) is 0. The van der Waals surface area contributed by atoms with E-state index in [1.165, 1.54) is 6.07 Å². The number of hydrogen-bond donors (Lipinski definition) is 5. The maximum Gasteiger partial charge on any atom is 0.308 e. The fourth-order valence-electron chi connectivity index (χ4n) is 4.24. The fraction of sp³-hybridized carbons (Fsp3) is 0.667. The Balaban J connectivity index is 2.40. The van der Waals surface area contributed by atoms with Crippen molar-refractivity contribution in [3.63, 3.8) is 0 Å². The molecule has 0 aliphatic rings. The Bertz CT molecular complexity index is 1270. The Morgan fingerprint density at radius 1 is 0.712 bits per heavy atom. The molecule has 16 heteroatoms. The number of nitrogens with two attached hydrogens (primary N) is 1. The summed E-state index contributed by atoms with van der Waals surface area (Å²) in [4.78, 5) is 74.3. The predicted octanol–water partition coefficient (Wildman–Crippen LogP) is 1.34. The number of carbonyl (C=O) groups is 6. The molecule has 1 rings (SSSR count). The van der Waals surface area contributed by atoms with E-state index in [1.54, 1.807) is 39.8 Å². The number of hydrogen-bond acceptors (Lipinski definition) is 12. The first-order valence-electron chi connectivity index (χ1n) is 17.7. The minimum atomic E-state index is -0.887. The normalized spacial score (nSPS) is 11.7. The van der Waals surface area contributed by atoms with Crippen molar-refractivity contribution in [3.8, 4) is 0 Å². The number of anilines is 1. The first-order valence-corrected chi connectivity index (χ1v) is 17.7. The molecule has 0 bridgehead atoms. The predicted molar refractivity (Wildman–Crippen MR) is 193 cm³/mol. The molecule has 0 aliphatic carbocycles. The number of amides is 4. The highest BCUT2D eigenvalue weighted by Gasteiger charge is 2.24. The van der Waals surface area contributed by atoms with Crippen LogP contribution in [0.3, 0.4) is 0 Å². The number of Topliss-reactive ketones (excluding diaryl/α,β-unsaturated/α-hetero) is 1. The molecule has 4 amide bonds. The average molecular weight is 738 g/mol. The Morgan fingerprint density at radius 2 is 1.29 bits per heavy atom. The van der Waals surface area contributed by atoms with Crippen LogP contribution < -0.4 is 27.0 Å². The topological polar surface area (TPSA) is 223 Å². The second kappa shape index (κ2) is 26.8. The lowest BCUT2D eigenvalue weighted by molar-refractivity contribution is -0.148. The molecule has 6 N–H and O–H groups in total. The van der Waals surface area contributed by atoms with Gasteiger partial charge in [-0.15, -0.1) is 0 Å². The van der Waals surface area contributed by atoms with Gasteiger partial charge in [0.2, 0.25) is 17.7 Å². The molecule has 1 aromatic rings. The lowest BCUT2D eigenvalue weighted by Crippen LogP contribution is -2.51. The third kappa shape index (κ3) is 20.2. The quantitative estimate of drug-likeness (QED) is 0.0608. The second-order valence-corrected chi connectivity index (χ2v) is 12.8. The second-order valence-electron chi connectivity index (χ2n) is 12.8. The van der Waals surface area contributed by atoms with E-state index in [-0.39, 0.29) is 86.6 Å². The van der Waals surface area contributed by atoms with Gasteiger partial charge >= 0.3 is 5.97 Å². The molecular formula is C36H59N5O11. The zero-order chi connectivity index (χ0) is 38.9. The lowest BCUT2D eigenvalue weighted by atomic mass is 10.0. The summed E-state index contributed by atoms with van der Waals surface area (Å²) < 4.78 is 27.0. The van der Waals surface area contributed by atoms with E-state index in [9.17, 15) is 28.8 Å². The molecule has 294 valence electrons. The largest absolute Gasteiger partial charge is 0.461 e. The van der Waals surface area contributed by atoms with Crippen LogP contribution >= 0.6 is 0 Å². The maximum atomic E-state index is 12.9. The van der Waals surface area contributed by atoms with Gasteiger partial charge in [-0.05, 0) is 18.1 Å². The standard InChI is InChI=1S/C36H59N5O11/c1-24(2)30(42)9-13-48-15-17-50-19-20-51-18-16-49-14-10-31(43)41-33(25(3)4)35(46)39-22-32(44)40-28-8-7-27(23-52-36(47)26(5)6)29(21-28)34(45)38-12-11-37/h7-8,21,24-26,33H,9-20,22-23,37H2,1-6H3,(H,38,45)(H,39,46)(H,40,44)(H,41,43). The van der Waals surface area contributed by atoms with E-state index in [0.717, 1.165) is 0 Å². The van der Waals surface area contributed by atoms with Crippen molar-refractivity contribution in [1.29, 1.82) is 0 Å². The van der Waals surface area contributed by atoms with E-state index < -0.39 is 29.7 Å². The van der Waals surface area contributed by atoms with Gasteiger partial charge in [-0.3, -0.25) is 28.8 Å². The zero-order valence-electron chi connectivity index (χ0n) is 31.5. The van der Waals surface area contributed by atoms with E-state index in [1.807, 2.05) is 13.8 Å². The van der Waals surface area contributed by atoms with Gasteiger partial charge in [0.05, 0.1) is 65.3 Å². The molecule has 0 fully saturated rings. The van der Waals surface area contributed by atoms with Crippen molar-refractivity contribution in [2.75, 3.05) is 77.8 Å². The Hall–Kier alpha value is -3.96. The van der Waals surface area contributed by atoms with Crippen molar-refractivity contribution in [1.82, 2.24) is 16.0 Å². The Labute approximate surface area is 306 Å². The third-order valence-corrected chi connectivity index (χ3v) is 7.32. The zero-order valence-corrected chi connectivity index (χ0v) is 31.5. The third-order valence-electron chi connectivity index (χ3n) is 7.32. The summed E-state index contributed by atoms with van der Waals surface area (Å²) in [5.41, 5.74) is 6.43. The van der Waals surface area contributed by atoms with Crippen molar-refractivity contribution < 1.29 is 52.5 Å². The van der Waals surface area contributed by atoms with Crippen LogP contribution in [0.2, 0.25) is 0 Å². The molecule has 0 radical (unpaired) electrons. The minimum Gasteiger partial charge on any atom is -0.461 e. The smallest absolute Gasteiger partial charge is 0.308 e. The average Bonchev–Trinajstić information content (AvgIpc) is 3.10. The van der Waals surface area contributed by atoms with Gasteiger partial charge in [-0.2, -0.15) is 0 Å². The number of carbonyl (C=O) groups excluding carboxylic acids is 6. The van der Waals surface area contributed by atoms with E-state index in [0.29, 0.717) is 51.6 Å². The van der Waals surface area contributed by atoms with Crippen LogP contribution in [0.1, 0.15) is 70.3 Å². The van der Waals surface area contributed by atoms with E-state index in [2.05, 4.69) is 21.3 Å². The van der Waals surface area contributed by atoms with Gasteiger partial charge in [0.25, 0.3) is 5.91 Å². The van der Waals surface area contributed by atoms with Gasteiger partial charge < -0.3 is 50.7 Å². The molecule has 1 atom stereocenters. The van der Waals surface area contributed by atoms with Crippen LogP contribution in [0.4, 0.5) is 5.69 Å². The van der Waals surface area contributed by atoms with Gasteiger partial charge in [0.1, 0.15) is 18.4 Å². The summed E-state index contributed by atoms with van der Waals surface area (Å²) in [5.74, 6) is -2.77. The number of ketones is 1. The van der Waals surface area contributed by atoms with Gasteiger partial charge in [-0.25, -0.2) is 0 Å². The number of ether oxygens (including phenoxy) is 5. The van der Waals surface area contributed by atoms with Gasteiger partial charge in [0, 0.05) is 48.7 Å². The number of benzene rings is 1. The van der Waals surface area contributed by atoms with Crippen LogP contribution in [0.15, 0.2) is 18.2 Å². The van der Waals surface area contributed by atoms with Crippen molar-refractivity contribution in [3.05, 3.63) is 29.3 Å². The number of rotatable bonds is 28. The van der Waals surface area contributed by atoms with Crippen molar-refractivity contribution in [2.24, 2.45) is 23.5 Å². The van der Waals surface area contributed by atoms with E-state index in [4.69, 9.17) is 29.4 Å². The molecule has 0 spiro atoms. The highest BCUT2D eigenvalue weighted by molar-refractivity contribution is 5.99. The summed E-state index contributed by atoms with van der Waals surface area (Å²) in [6, 6.07) is 3.68. The van der Waals surface area contributed by atoms with Crippen LogP contribution in [0.5, 0.6) is 0 Å². The summed E-state index contributed by atoms with van der Waals surface area (Å²) >= 11 is 0. The van der Waals surface area contributed by atoms with Crippen LogP contribution in [-0.2, 0) is 54.3 Å². The molecule has 1 aromatic carbocycles. The number of nitrogens with one attached hydrogen (secondary N) is 4. The van der Waals surface area contributed by atoms with Gasteiger partial charge in [-0.1, -0.05) is 47.6 Å². The van der Waals surface area contributed by atoms with Crippen LogP contribution in [0.25, 0.3) is 0 Å². The molecule has 16 nitrogen and oxygen atoms in total. The first-order chi connectivity index (χ1) is 24.8. The molecule has 1 unspecified atom stereocenters. The molecule has 0 saturated heterocycles. The highest BCUT2D eigenvalue weighted by atomic mass is 16.6. The summed E-state index contributed by atoms with van der Waals surface area (Å²) in [5, 5.41) is 10.5. The molecule has 0 saturated carbocycles. The molecule has 0 aliphatic heterocycles. The molecule has 52 heavy (non-hydrogen) atoms. The molecular weight excluding hydrogens is 678 g/mol. The lowest BCUT2D eigenvalue weighted by Gasteiger charge is -2.21. The highest BCUT2D eigenvalue weighted by Crippen LogP contribution is 2.18. The Kier molecular flexibility index (Phi) is 23.7. The minimum absolute atomic E-state index is 0.0134. The van der Waals surface area contributed by atoms with Crippen LogP contribution in [0, 0.1) is 17.8 Å². The number of esters is 1. The van der Waals surface area contributed by atoms with Crippen molar-refractivity contribution in [2.45, 2.75) is 67.0 Å². The summed E-state index contributed by atoms with van der Waals surface area (Å²) in [6.07, 6.45) is 0.426.